The molecule has 1 amide bonds. The third kappa shape index (κ3) is 6.54. The molecule has 4 N–H and O–H groups in total. The lowest BCUT2D eigenvalue weighted by Crippen LogP contribution is -2.54. The van der Waals surface area contributed by atoms with Crippen LogP contribution in [0.15, 0.2) is 0 Å². The summed E-state index contributed by atoms with van der Waals surface area (Å²) < 4.78 is 5.25. The zero-order valence-electron chi connectivity index (χ0n) is 12.4. The SMILES string of the molecule is CC(C)(C)OC(=O)N[C@@H]1CCCN(C(N)CC(=N)Cl)C1. The molecule has 0 saturated carbocycles. The van der Waals surface area contributed by atoms with Gasteiger partial charge in [-0.1, -0.05) is 11.6 Å². The Bertz CT molecular complexity index is 357. The van der Waals surface area contributed by atoms with Crippen molar-refractivity contribution in [1.29, 1.82) is 5.41 Å². The van der Waals surface area contributed by atoms with Crippen molar-refractivity contribution in [3.05, 3.63) is 0 Å². The number of carbonyl (C=O) groups excluding carboxylic acids is 1. The number of nitrogens with zero attached hydrogens (tertiary/aromatic N) is 1. The van der Waals surface area contributed by atoms with Crippen LogP contribution in [0, 0.1) is 5.41 Å². The van der Waals surface area contributed by atoms with Gasteiger partial charge in [0.2, 0.25) is 0 Å². The number of nitrogens with one attached hydrogen (secondary N) is 2. The van der Waals surface area contributed by atoms with Crippen molar-refractivity contribution in [3.8, 4) is 0 Å². The lowest BCUT2D eigenvalue weighted by Gasteiger charge is -2.36. The summed E-state index contributed by atoms with van der Waals surface area (Å²) in [6.07, 6.45) is 1.51. The Balaban J connectivity index is 2.44. The summed E-state index contributed by atoms with van der Waals surface area (Å²) in [5.74, 6) is 0. The fraction of sp³-hybridized carbons (Fsp3) is 0.846. The number of hydrogen-bond donors (Lipinski definition) is 3. The van der Waals surface area contributed by atoms with Crippen LogP contribution < -0.4 is 11.1 Å². The number of rotatable bonds is 4. The van der Waals surface area contributed by atoms with E-state index >= 15 is 0 Å². The maximum absolute atomic E-state index is 11.7. The van der Waals surface area contributed by atoms with Gasteiger partial charge < -0.3 is 15.8 Å². The summed E-state index contributed by atoms with van der Waals surface area (Å²) in [4.78, 5) is 13.8. The number of halogens is 1. The van der Waals surface area contributed by atoms with Crippen molar-refractivity contribution in [2.24, 2.45) is 5.73 Å². The monoisotopic (exact) mass is 304 g/mol. The van der Waals surface area contributed by atoms with Crippen molar-refractivity contribution in [2.75, 3.05) is 13.1 Å². The van der Waals surface area contributed by atoms with Crippen LogP contribution in [0.1, 0.15) is 40.0 Å². The molecule has 0 aromatic rings. The van der Waals surface area contributed by atoms with E-state index in [4.69, 9.17) is 27.5 Å². The van der Waals surface area contributed by atoms with Crippen LogP contribution in [-0.4, -0.2) is 47.1 Å². The molecular weight excluding hydrogens is 280 g/mol. The number of ether oxygens (including phenoxy) is 1. The molecule has 116 valence electrons. The number of hydrogen-bond acceptors (Lipinski definition) is 5. The number of nitrogens with two attached hydrogens (primary N) is 1. The van der Waals surface area contributed by atoms with Gasteiger partial charge in [0.15, 0.2) is 0 Å². The van der Waals surface area contributed by atoms with Crippen LogP contribution in [0.3, 0.4) is 0 Å². The van der Waals surface area contributed by atoms with Gasteiger partial charge in [0.25, 0.3) is 0 Å². The average Bonchev–Trinajstić information content (AvgIpc) is 2.25. The van der Waals surface area contributed by atoms with E-state index in [1.807, 2.05) is 25.7 Å². The molecule has 20 heavy (non-hydrogen) atoms. The molecule has 1 aliphatic rings. The molecule has 1 aliphatic heterocycles. The molecule has 0 radical (unpaired) electrons. The van der Waals surface area contributed by atoms with Gasteiger partial charge in [0, 0.05) is 19.0 Å². The smallest absolute Gasteiger partial charge is 0.407 e. The van der Waals surface area contributed by atoms with Crippen molar-refractivity contribution in [3.63, 3.8) is 0 Å². The normalized spacial score (nSPS) is 22.1. The molecule has 1 unspecified atom stereocenters. The van der Waals surface area contributed by atoms with Crippen LogP contribution in [0.5, 0.6) is 0 Å². The number of alkyl carbamates (subject to hydrolysis) is 1. The highest BCUT2D eigenvalue weighted by Gasteiger charge is 2.26. The molecule has 2 atom stereocenters. The van der Waals surface area contributed by atoms with Gasteiger partial charge in [-0.15, -0.1) is 0 Å². The Labute approximate surface area is 125 Å². The van der Waals surface area contributed by atoms with E-state index in [9.17, 15) is 4.79 Å². The molecule has 0 spiro atoms. The van der Waals surface area contributed by atoms with E-state index in [2.05, 4.69) is 5.32 Å². The predicted octanol–water partition coefficient (Wildman–Crippen LogP) is 1.87. The summed E-state index contributed by atoms with van der Waals surface area (Å²) in [6.45, 7) is 7.02. The number of carbonyl (C=O) groups is 1. The molecule has 1 rings (SSSR count). The molecule has 0 bridgehead atoms. The van der Waals surface area contributed by atoms with Gasteiger partial charge in [0.05, 0.1) is 11.3 Å². The molecule has 0 aromatic carbocycles. The fourth-order valence-corrected chi connectivity index (χ4v) is 2.37. The van der Waals surface area contributed by atoms with E-state index in [-0.39, 0.29) is 17.4 Å². The maximum Gasteiger partial charge on any atom is 0.407 e. The van der Waals surface area contributed by atoms with Crippen molar-refractivity contribution in [2.45, 2.75) is 57.8 Å². The predicted molar refractivity (Wildman–Crippen MR) is 80.1 cm³/mol. The quantitative estimate of drug-likeness (QED) is 0.691. The molecule has 1 saturated heterocycles. The highest BCUT2D eigenvalue weighted by molar-refractivity contribution is 6.64. The molecule has 0 aliphatic carbocycles. The third-order valence-electron chi connectivity index (χ3n) is 3.03. The summed E-state index contributed by atoms with van der Waals surface area (Å²) >= 11 is 5.57. The van der Waals surface area contributed by atoms with E-state index < -0.39 is 11.7 Å². The van der Waals surface area contributed by atoms with Crippen LogP contribution in [0.2, 0.25) is 0 Å². The van der Waals surface area contributed by atoms with Crippen LogP contribution in [0.25, 0.3) is 0 Å². The summed E-state index contributed by atoms with van der Waals surface area (Å²) in [5.41, 5.74) is 5.50. The van der Waals surface area contributed by atoms with Gasteiger partial charge >= 0.3 is 6.09 Å². The second-order valence-corrected chi connectivity index (χ2v) is 6.61. The highest BCUT2D eigenvalue weighted by Crippen LogP contribution is 2.14. The maximum atomic E-state index is 11.7. The Kier molecular flexibility index (Phi) is 6.23. The summed E-state index contributed by atoms with van der Waals surface area (Å²) in [7, 11) is 0. The van der Waals surface area contributed by atoms with Gasteiger partial charge in [-0.25, -0.2) is 4.79 Å². The zero-order chi connectivity index (χ0) is 15.3. The van der Waals surface area contributed by atoms with Crippen LogP contribution >= 0.6 is 11.6 Å². The summed E-state index contributed by atoms with van der Waals surface area (Å²) in [6, 6.07) is 0.0224. The van der Waals surface area contributed by atoms with Crippen molar-refractivity contribution in [1.82, 2.24) is 10.2 Å². The lowest BCUT2D eigenvalue weighted by molar-refractivity contribution is 0.0457. The van der Waals surface area contributed by atoms with Crippen molar-refractivity contribution < 1.29 is 9.53 Å². The Hall–Kier alpha value is -0.850. The fourth-order valence-electron chi connectivity index (χ4n) is 2.21. The topological polar surface area (TPSA) is 91.4 Å². The van der Waals surface area contributed by atoms with Crippen LogP contribution in [0.4, 0.5) is 4.79 Å². The van der Waals surface area contributed by atoms with E-state index in [0.717, 1.165) is 19.4 Å². The number of likely N-dealkylation sites (tertiary alicyclic amines) is 1. The van der Waals surface area contributed by atoms with E-state index in [1.165, 1.54) is 0 Å². The minimum Gasteiger partial charge on any atom is -0.444 e. The Morgan fingerprint density at radius 3 is 2.80 bits per heavy atom. The second-order valence-electron chi connectivity index (χ2n) is 6.16. The molecule has 0 aromatic heterocycles. The second kappa shape index (κ2) is 7.24. The van der Waals surface area contributed by atoms with Crippen molar-refractivity contribution >= 4 is 22.9 Å². The first kappa shape index (κ1) is 17.2. The highest BCUT2D eigenvalue weighted by atomic mass is 35.5. The Morgan fingerprint density at radius 2 is 2.25 bits per heavy atom. The molecular formula is C13H25ClN4O2. The first-order valence-electron chi connectivity index (χ1n) is 6.89. The third-order valence-corrected chi connectivity index (χ3v) is 3.19. The average molecular weight is 305 g/mol. The lowest BCUT2D eigenvalue weighted by atomic mass is 10.0. The van der Waals surface area contributed by atoms with Gasteiger partial charge in [-0.05, 0) is 40.2 Å². The Morgan fingerprint density at radius 1 is 1.60 bits per heavy atom. The molecule has 1 heterocycles. The first-order chi connectivity index (χ1) is 9.17. The van der Waals surface area contributed by atoms with Gasteiger partial charge in [-0.2, -0.15) is 0 Å². The first-order valence-corrected chi connectivity index (χ1v) is 7.27. The van der Waals surface area contributed by atoms with E-state index in [0.29, 0.717) is 13.0 Å². The number of amides is 1. The molecule has 1 fully saturated rings. The largest absolute Gasteiger partial charge is 0.444 e. The van der Waals surface area contributed by atoms with Gasteiger partial charge in [0.1, 0.15) is 5.60 Å². The zero-order valence-corrected chi connectivity index (χ0v) is 13.2. The minimum absolute atomic E-state index is 0.0224. The minimum atomic E-state index is -0.497. The molecule has 7 heteroatoms. The standard InChI is InChI=1S/C13H25ClN4O2/c1-13(2,3)20-12(19)17-9-5-4-6-18(8-9)11(16)7-10(14)15/h9,11,15H,4-8,16H2,1-3H3,(H,17,19)/t9-,11?/m1/s1. The summed E-state index contributed by atoms with van der Waals surface area (Å²) in [5, 5.41) is 10.2. The van der Waals surface area contributed by atoms with Crippen LogP contribution in [-0.2, 0) is 4.74 Å². The number of piperidine rings is 1. The van der Waals surface area contributed by atoms with Gasteiger partial charge in [-0.3, -0.25) is 10.3 Å². The van der Waals surface area contributed by atoms with E-state index in [1.54, 1.807) is 0 Å². The molecule has 6 nitrogen and oxygen atoms in total.